The van der Waals surface area contributed by atoms with Gasteiger partial charge in [0, 0.05) is 5.69 Å². The van der Waals surface area contributed by atoms with Crippen LogP contribution in [0.3, 0.4) is 0 Å². The van der Waals surface area contributed by atoms with Crippen molar-refractivity contribution >= 4 is 23.3 Å². The fourth-order valence-electron chi connectivity index (χ4n) is 1.86. The number of ether oxygens (including phenoxy) is 2. The van der Waals surface area contributed by atoms with Crippen LogP contribution in [0.2, 0.25) is 0 Å². The Bertz CT molecular complexity index is 686. The number of nitrogens with two attached hydrogens (primary N) is 1. The number of rotatable bonds is 6. The van der Waals surface area contributed by atoms with Crippen LogP contribution in [0.1, 0.15) is 17.3 Å². The number of carbonyl (C=O) groups is 2. The molecule has 0 unspecified atom stereocenters. The number of amides is 1. The van der Waals surface area contributed by atoms with Gasteiger partial charge in [-0.3, -0.25) is 4.79 Å². The van der Waals surface area contributed by atoms with E-state index in [2.05, 4.69) is 5.32 Å². The minimum atomic E-state index is -0.467. The Labute approximate surface area is 134 Å². The molecule has 3 N–H and O–H groups in total. The molecule has 0 saturated carbocycles. The van der Waals surface area contributed by atoms with Gasteiger partial charge in [-0.25, -0.2) is 4.79 Å². The molecule has 0 aromatic heterocycles. The highest BCUT2D eigenvalue weighted by Gasteiger charge is 2.11. The van der Waals surface area contributed by atoms with Crippen LogP contribution in [0.5, 0.6) is 5.75 Å². The van der Waals surface area contributed by atoms with Crippen LogP contribution in [-0.2, 0) is 9.53 Å². The summed E-state index contributed by atoms with van der Waals surface area (Å²) in [5, 5.41) is 2.69. The second kappa shape index (κ2) is 7.84. The van der Waals surface area contributed by atoms with Crippen LogP contribution in [-0.4, -0.2) is 25.1 Å². The van der Waals surface area contributed by atoms with E-state index in [1.54, 1.807) is 25.1 Å². The van der Waals surface area contributed by atoms with E-state index in [-0.39, 0.29) is 24.9 Å². The Balaban J connectivity index is 1.98. The van der Waals surface area contributed by atoms with Crippen molar-refractivity contribution in [3.8, 4) is 5.75 Å². The molecule has 2 rings (SSSR count). The van der Waals surface area contributed by atoms with E-state index in [4.69, 9.17) is 15.2 Å². The Hall–Kier alpha value is -3.02. The molecule has 6 heteroatoms. The highest BCUT2D eigenvalue weighted by Crippen LogP contribution is 2.23. The van der Waals surface area contributed by atoms with Gasteiger partial charge in [0.25, 0.3) is 5.91 Å². The van der Waals surface area contributed by atoms with Crippen LogP contribution in [0.15, 0.2) is 48.5 Å². The number of nitrogen functional groups attached to an aromatic ring is 1. The lowest BCUT2D eigenvalue weighted by Crippen LogP contribution is -2.20. The monoisotopic (exact) mass is 314 g/mol. The summed E-state index contributed by atoms with van der Waals surface area (Å²) in [5.41, 5.74) is 7.13. The molecule has 0 aliphatic carbocycles. The maximum atomic E-state index is 11.8. The summed E-state index contributed by atoms with van der Waals surface area (Å²) in [6, 6.07) is 13.6. The molecular formula is C17H18N2O4. The van der Waals surface area contributed by atoms with E-state index in [0.717, 1.165) is 0 Å². The van der Waals surface area contributed by atoms with Crippen molar-refractivity contribution in [1.82, 2.24) is 0 Å². The van der Waals surface area contributed by atoms with Crippen LogP contribution in [0.25, 0.3) is 0 Å². The van der Waals surface area contributed by atoms with Crippen molar-refractivity contribution < 1.29 is 19.1 Å². The summed E-state index contributed by atoms with van der Waals surface area (Å²) < 4.78 is 10.3. The molecule has 0 atom stereocenters. The van der Waals surface area contributed by atoms with Crippen LogP contribution in [0, 0.1) is 0 Å². The van der Waals surface area contributed by atoms with Gasteiger partial charge in [0.15, 0.2) is 6.61 Å². The summed E-state index contributed by atoms with van der Waals surface area (Å²) in [4.78, 5) is 23.5. The Kier molecular flexibility index (Phi) is 5.57. The number of anilines is 2. The van der Waals surface area contributed by atoms with E-state index in [9.17, 15) is 9.59 Å². The maximum absolute atomic E-state index is 11.8. The molecule has 0 fully saturated rings. The summed E-state index contributed by atoms with van der Waals surface area (Å²) in [5.74, 6) is -0.526. The van der Waals surface area contributed by atoms with Gasteiger partial charge in [-0.05, 0) is 37.3 Å². The first kappa shape index (κ1) is 16.4. The number of esters is 1. The fourth-order valence-corrected chi connectivity index (χ4v) is 1.86. The third kappa shape index (κ3) is 4.74. The SMILES string of the molecule is CCOC(=O)c1ccc(N)c(OCC(=O)Nc2ccccc2)c1. The zero-order chi connectivity index (χ0) is 16.7. The number of para-hydroxylation sites is 1. The molecule has 0 aliphatic heterocycles. The molecule has 23 heavy (non-hydrogen) atoms. The normalized spacial score (nSPS) is 9.96. The third-order valence-corrected chi connectivity index (χ3v) is 2.94. The first-order valence-corrected chi connectivity index (χ1v) is 7.14. The standard InChI is InChI=1S/C17H18N2O4/c1-2-22-17(21)12-8-9-14(18)15(10-12)23-11-16(20)19-13-6-4-3-5-7-13/h3-10H,2,11,18H2,1H3,(H,19,20). The molecule has 0 bridgehead atoms. The molecule has 0 spiro atoms. The molecule has 120 valence electrons. The van der Waals surface area contributed by atoms with Gasteiger partial charge in [-0.2, -0.15) is 0 Å². The van der Waals surface area contributed by atoms with E-state index >= 15 is 0 Å². The number of carbonyl (C=O) groups excluding carboxylic acids is 2. The minimum Gasteiger partial charge on any atom is -0.482 e. The van der Waals surface area contributed by atoms with Crippen molar-refractivity contribution in [3.05, 3.63) is 54.1 Å². The van der Waals surface area contributed by atoms with Crippen molar-refractivity contribution in [2.45, 2.75) is 6.92 Å². The number of nitrogens with one attached hydrogen (secondary N) is 1. The van der Waals surface area contributed by atoms with E-state index < -0.39 is 5.97 Å². The lowest BCUT2D eigenvalue weighted by molar-refractivity contribution is -0.118. The number of hydrogen-bond acceptors (Lipinski definition) is 5. The highest BCUT2D eigenvalue weighted by atomic mass is 16.5. The van der Waals surface area contributed by atoms with Crippen LogP contribution < -0.4 is 15.8 Å². The smallest absolute Gasteiger partial charge is 0.338 e. The fraction of sp³-hybridized carbons (Fsp3) is 0.176. The first-order valence-electron chi connectivity index (χ1n) is 7.14. The van der Waals surface area contributed by atoms with Crippen LogP contribution in [0.4, 0.5) is 11.4 Å². The Morgan fingerprint density at radius 3 is 2.57 bits per heavy atom. The largest absolute Gasteiger partial charge is 0.482 e. The molecule has 1 amide bonds. The van der Waals surface area contributed by atoms with E-state index in [1.165, 1.54) is 12.1 Å². The average Bonchev–Trinajstić information content (AvgIpc) is 2.55. The molecule has 0 heterocycles. The van der Waals surface area contributed by atoms with Crippen molar-refractivity contribution in [2.75, 3.05) is 24.3 Å². The number of hydrogen-bond donors (Lipinski definition) is 2. The topological polar surface area (TPSA) is 90.7 Å². The van der Waals surface area contributed by atoms with Crippen molar-refractivity contribution in [2.24, 2.45) is 0 Å². The second-order valence-corrected chi connectivity index (χ2v) is 4.68. The van der Waals surface area contributed by atoms with Gasteiger partial charge >= 0.3 is 5.97 Å². The lowest BCUT2D eigenvalue weighted by atomic mass is 10.2. The molecular weight excluding hydrogens is 296 g/mol. The predicted molar refractivity (Wildman–Crippen MR) is 87.4 cm³/mol. The number of benzene rings is 2. The summed E-state index contributed by atoms with van der Waals surface area (Å²) in [6.45, 7) is 1.78. The molecule has 0 saturated heterocycles. The second-order valence-electron chi connectivity index (χ2n) is 4.68. The zero-order valence-electron chi connectivity index (χ0n) is 12.7. The van der Waals surface area contributed by atoms with Crippen LogP contribution >= 0.6 is 0 Å². The molecule has 6 nitrogen and oxygen atoms in total. The summed E-state index contributed by atoms with van der Waals surface area (Å²) >= 11 is 0. The van der Waals surface area contributed by atoms with Crippen molar-refractivity contribution in [3.63, 3.8) is 0 Å². The average molecular weight is 314 g/mol. The zero-order valence-corrected chi connectivity index (χ0v) is 12.7. The molecule has 0 aliphatic rings. The van der Waals surface area contributed by atoms with Gasteiger partial charge in [0.1, 0.15) is 5.75 Å². The van der Waals surface area contributed by atoms with E-state index in [0.29, 0.717) is 16.9 Å². The molecule has 0 radical (unpaired) electrons. The van der Waals surface area contributed by atoms with Gasteiger partial charge in [0.05, 0.1) is 17.9 Å². The first-order chi connectivity index (χ1) is 11.1. The van der Waals surface area contributed by atoms with E-state index in [1.807, 2.05) is 18.2 Å². The Morgan fingerprint density at radius 2 is 1.87 bits per heavy atom. The summed E-state index contributed by atoms with van der Waals surface area (Å²) in [6.07, 6.45) is 0. The lowest BCUT2D eigenvalue weighted by Gasteiger charge is -2.11. The van der Waals surface area contributed by atoms with Crippen molar-refractivity contribution in [1.29, 1.82) is 0 Å². The minimum absolute atomic E-state index is 0.217. The summed E-state index contributed by atoms with van der Waals surface area (Å²) in [7, 11) is 0. The molecule has 2 aromatic rings. The van der Waals surface area contributed by atoms with Gasteiger partial charge in [-0.15, -0.1) is 0 Å². The van der Waals surface area contributed by atoms with Gasteiger partial charge in [-0.1, -0.05) is 18.2 Å². The third-order valence-electron chi connectivity index (χ3n) is 2.94. The van der Waals surface area contributed by atoms with Gasteiger partial charge < -0.3 is 20.5 Å². The molecule has 2 aromatic carbocycles. The quantitative estimate of drug-likeness (QED) is 0.631. The maximum Gasteiger partial charge on any atom is 0.338 e. The van der Waals surface area contributed by atoms with Gasteiger partial charge in [0.2, 0.25) is 0 Å². The predicted octanol–water partition coefficient (Wildman–Crippen LogP) is 2.46. The highest BCUT2D eigenvalue weighted by molar-refractivity contribution is 5.92. The Morgan fingerprint density at radius 1 is 1.13 bits per heavy atom.